The number of nitrogens with one attached hydrogen (secondary N) is 1. The van der Waals surface area contributed by atoms with Crippen molar-refractivity contribution in [3.8, 4) is 5.75 Å². The van der Waals surface area contributed by atoms with Gasteiger partial charge >= 0.3 is 0 Å². The topological polar surface area (TPSA) is 58.6 Å². The standard InChI is InChI=1S/C12H16ClNO3/c1-7(15)10-6-9(13)4-5-11(10)17-8(2)12(16)14-3/h4-8,15H,1-3H3,(H,14,16)/t7-,8?/m1/s1. The number of carbonyl (C=O) groups is 1. The number of ether oxygens (including phenoxy) is 1. The third kappa shape index (κ3) is 3.61. The minimum atomic E-state index is -0.708. The van der Waals surface area contributed by atoms with Crippen molar-refractivity contribution in [1.82, 2.24) is 5.32 Å². The number of amides is 1. The summed E-state index contributed by atoms with van der Waals surface area (Å²) in [6.07, 6.45) is -1.33. The Kier molecular flexibility index (Phi) is 4.78. The lowest BCUT2D eigenvalue weighted by atomic mass is 10.1. The van der Waals surface area contributed by atoms with Crippen LogP contribution in [0.5, 0.6) is 5.75 Å². The fourth-order valence-corrected chi connectivity index (χ4v) is 1.58. The molecule has 0 saturated carbocycles. The lowest BCUT2D eigenvalue weighted by Gasteiger charge is -2.17. The number of aliphatic hydroxyl groups excluding tert-OH is 1. The van der Waals surface area contributed by atoms with E-state index in [4.69, 9.17) is 16.3 Å². The number of hydrogen-bond acceptors (Lipinski definition) is 3. The number of carbonyl (C=O) groups excluding carboxylic acids is 1. The lowest BCUT2D eigenvalue weighted by Crippen LogP contribution is -2.34. The van der Waals surface area contributed by atoms with Gasteiger partial charge in [0.15, 0.2) is 6.10 Å². The Bertz CT molecular complexity index is 407. The van der Waals surface area contributed by atoms with Crippen LogP contribution < -0.4 is 10.1 Å². The third-order valence-corrected chi connectivity index (χ3v) is 2.58. The molecule has 0 aliphatic rings. The molecule has 17 heavy (non-hydrogen) atoms. The number of benzene rings is 1. The molecule has 1 amide bonds. The smallest absolute Gasteiger partial charge is 0.260 e. The first-order valence-electron chi connectivity index (χ1n) is 5.31. The Balaban J connectivity index is 2.94. The molecule has 1 rings (SSSR count). The van der Waals surface area contributed by atoms with Crippen LogP contribution in [-0.2, 0) is 4.79 Å². The van der Waals surface area contributed by atoms with Crippen LogP contribution >= 0.6 is 11.6 Å². The highest BCUT2D eigenvalue weighted by molar-refractivity contribution is 6.30. The van der Waals surface area contributed by atoms with Gasteiger partial charge in [-0.05, 0) is 32.0 Å². The second-order valence-corrected chi connectivity index (χ2v) is 4.17. The third-order valence-electron chi connectivity index (χ3n) is 2.34. The second kappa shape index (κ2) is 5.89. The van der Waals surface area contributed by atoms with E-state index in [9.17, 15) is 9.90 Å². The molecule has 0 spiro atoms. The zero-order chi connectivity index (χ0) is 13.0. The fourth-order valence-electron chi connectivity index (χ4n) is 1.40. The zero-order valence-corrected chi connectivity index (χ0v) is 10.8. The van der Waals surface area contributed by atoms with Gasteiger partial charge in [-0.1, -0.05) is 11.6 Å². The normalized spacial score (nSPS) is 13.9. The fraction of sp³-hybridized carbons (Fsp3) is 0.417. The highest BCUT2D eigenvalue weighted by atomic mass is 35.5. The van der Waals surface area contributed by atoms with Crippen molar-refractivity contribution in [2.45, 2.75) is 26.1 Å². The van der Waals surface area contributed by atoms with Gasteiger partial charge < -0.3 is 15.2 Å². The van der Waals surface area contributed by atoms with Gasteiger partial charge in [0.2, 0.25) is 0 Å². The number of likely N-dealkylation sites (N-methyl/N-ethyl adjacent to an activating group) is 1. The van der Waals surface area contributed by atoms with Crippen LogP contribution in [0.4, 0.5) is 0 Å². The van der Waals surface area contributed by atoms with Crippen molar-refractivity contribution < 1.29 is 14.6 Å². The molecule has 0 radical (unpaired) electrons. The second-order valence-electron chi connectivity index (χ2n) is 3.73. The van der Waals surface area contributed by atoms with Crippen molar-refractivity contribution in [1.29, 1.82) is 0 Å². The summed E-state index contributed by atoms with van der Waals surface area (Å²) in [7, 11) is 1.54. The highest BCUT2D eigenvalue weighted by Gasteiger charge is 2.16. The molecule has 1 aromatic rings. The summed E-state index contributed by atoms with van der Waals surface area (Å²) in [5.74, 6) is 0.233. The molecule has 5 heteroatoms. The molecule has 0 heterocycles. The predicted molar refractivity (Wildman–Crippen MR) is 66.2 cm³/mol. The number of halogens is 1. The Hall–Kier alpha value is -1.26. The molecule has 0 aromatic heterocycles. The quantitative estimate of drug-likeness (QED) is 0.866. The monoisotopic (exact) mass is 257 g/mol. The van der Waals surface area contributed by atoms with Crippen molar-refractivity contribution in [2.75, 3.05) is 7.05 Å². The molecule has 2 atom stereocenters. The van der Waals surface area contributed by atoms with Crippen LogP contribution in [0.25, 0.3) is 0 Å². The summed E-state index contributed by atoms with van der Waals surface area (Å²) in [6, 6.07) is 4.92. The van der Waals surface area contributed by atoms with Gasteiger partial charge in [0, 0.05) is 17.6 Å². The first kappa shape index (κ1) is 13.8. The van der Waals surface area contributed by atoms with Crippen LogP contribution in [0.1, 0.15) is 25.5 Å². The van der Waals surface area contributed by atoms with Crippen molar-refractivity contribution in [3.05, 3.63) is 28.8 Å². The van der Waals surface area contributed by atoms with Crippen LogP contribution in [0, 0.1) is 0 Å². The molecular weight excluding hydrogens is 242 g/mol. The first-order chi connectivity index (χ1) is 7.95. The first-order valence-corrected chi connectivity index (χ1v) is 5.69. The average Bonchev–Trinajstić information content (AvgIpc) is 2.29. The number of hydrogen-bond donors (Lipinski definition) is 2. The van der Waals surface area contributed by atoms with Crippen LogP contribution in [0.3, 0.4) is 0 Å². The van der Waals surface area contributed by atoms with Gasteiger partial charge in [0.05, 0.1) is 6.10 Å². The molecule has 94 valence electrons. The van der Waals surface area contributed by atoms with Gasteiger partial charge in [0.1, 0.15) is 5.75 Å². The Morgan fingerprint density at radius 3 is 2.65 bits per heavy atom. The summed E-state index contributed by atoms with van der Waals surface area (Å²) < 4.78 is 5.48. The van der Waals surface area contributed by atoms with Gasteiger partial charge in [-0.25, -0.2) is 0 Å². The van der Waals surface area contributed by atoms with Gasteiger partial charge in [-0.2, -0.15) is 0 Å². The maximum atomic E-state index is 11.3. The molecule has 0 bridgehead atoms. The van der Waals surface area contributed by atoms with E-state index in [2.05, 4.69) is 5.32 Å². The summed E-state index contributed by atoms with van der Waals surface area (Å²) >= 11 is 5.84. The summed E-state index contributed by atoms with van der Waals surface area (Å²) in [4.78, 5) is 11.3. The van der Waals surface area contributed by atoms with E-state index < -0.39 is 12.2 Å². The van der Waals surface area contributed by atoms with E-state index in [1.807, 2.05) is 0 Å². The van der Waals surface area contributed by atoms with E-state index in [1.165, 1.54) is 0 Å². The van der Waals surface area contributed by atoms with Gasteiger partial charge in [-0.15, -0.1) is 0 Å². The molecule has 0 fully saturated rings. The Morgan fingerprint density at radius 1 is 1.47 bits per heavy atom. The summed E-state index contributed by atoms with van der Waals surface area (Å²) in [5.41, 5.74) is 0.563. The maximum Gasteiger partial charge on any atom is 0.260 e. The molecule has 1 aromatic carbocycles. The average molecular weight is 258 g/mol. The molecule has 0 aliphatic carbocycles. The van der Waals surface area contributed by atoms with Crippen molar-refractivity contribution >= 4 is 17.5 Å². The maximum absolute atomic E-state index is 11.3. The predicted octanol–water partition coefficient (Wildman–Crippen LogP) is 1.91. The minimum absolute atomic E-state index is 0.225. The Labute approximate surface area is 106 Å². The number of aliphatic hydroxyl groups is 1. The molecule has 4 nitrogen and oxygen atoms in total. The van der Waals surface area contributed by atoms with Crippen LogP contribution in [0.15, 0.2) is 18.2 Å². The van der Waals surface area contributed by atoms with Crippen molar-refractivity contribution in [3.63, 3.8) is 0 Å². The molecule has 1 unspecified atom stereocenters. The summed E-state index contributed by atoms with van der Waals surface area (Å²) in [6.45, 7) is 3.25. The molecule has 0 aliphatic heterocycles. The van der Waals surface area contributed by atoms with E-state index in [-0.39, 0.29) is 5.91 Å². The Morgan fingerprint density at radius 2 is 2.12 bits per heavy atom. The van der Waals surface area contributed by atoms with Crippen LogP contribution in [-0.4, -0.2) is 24.2 Å². The molecule has 2 N–H and O–H groups in total. The van der Waals surface area contributed by atoms with Crippen molar-refractivity contribution in [2.24, 2.45) is 0 Å². The van der Waals surface area contributed by atoms with Gasteiger partial charge in [0.25, 0.3) is 5.91 Å². The van der Waals surface area contributed by atoms with E-state index in [0.717, 1.165) is 0 Å². The van der Waals surface area contributed by atoms with Crippen LogP contribution in [0.2, 0.25) is 5.02 Å². The summed E-state index contributed by atoms with van der Waals surface area (Å²) in [5, 5.41) is 12.6. The molecule has 0 saturated heterocycles. The molecular formula is C12H16ClNO3. The highest BCUT2D eigenvalue weighted by Crippen LogP contribution is 2.28. The van der Waals surface area contributed by atoms with E-state index in [0.29, 0.717) is 16.3 Å². The van der Waals surface area contributed by atoms with E-state index >= 15 is 0 Å². The SMILES string of the molecule is CNC(=O)C(C)Oc1ccc(Cl)cc1[C@@H](C)O. The minimum Gasteiger partial charge on any atom is -0.481 e. The number of rotatable bonds is 4. The largest absolute Gasteiger partial charge is 0.481 e. The lowest BCUT2D eigenvalue weighted by molar-refractivity contribution is -0.126. The van der Waals surface area contributed by atoms with Gasteiger partial charge in [-0.3, -0.25) is 4.79 Å². The zero-order valence-electron chi connectivity index (χ0n) is 10.0. The van der Waals surface area contributed by atoms with E-state index in [1.54, 1.807) is 39.1 Å².